The van der Waals surface area contributed by atoms with Gasteiger partial charge in [-0.2, -0.15) is 0 Å². The number of hydrogen-bond donors (Lipinski definition) is 2. The molecule has 0 fully saturated rings. The van der Waals surface area contributed by atoms with Crippen molar-refractivity contribution in [1.82, 2.24) is 10.6 Å². The minimum atomic E-state index is -0.318. The molecule has 1 heterocycles. The molecule has 0 radical (unpaired) electrons. The fourth-order valence-electron chi connectivity index (χ4n) is 2.42. The Bertz CT molecular complexity index is 636. The monoisotopic (exact) mass is 330 g/mol. The number of hydrogen-bond acceptors (Lipinski definition) is 3. The van der Waals surface area contributed by atoms with Crippen LogP contribution >= 0.6 is 12.2 Å². The van der Waals surface area contributed by atoms with E-state index in [0.29, 0.717) is 17.3 Å². The lowest BCUT2D eigenvalue weighted by Crippen LogP contribution is -2.50. The molecule has 0 spiro atoms. The molecule has 23 heavy (non-hydrogen) atoms. The lowest BCUT2D eigenvalue weighted by Gasteiger charge is -2.30. The molecule has 1 atom stereocenters. The SMILES string of the molecule is CCOC(=O)C1=C(C(C)C)NC(=S)N[C@H]1/C=C/c1ccccc1. The maximum Gasteiger partial charge on any atom is 0.338 e. The first kappa shape index (κ1) is 17.2. The van der Waals surface area contributed by atoms with Crippen molar-refractivity contribution in [2.45, 2.75) is 26.8 Å². The zero-order valence-electron chi connectivity index (χ0n) is 13.6. The van der Waals surface area contributed by atoms with Crippen molar-refractivity contribution in [3.05, 3.63) is 53.2 Å². The van der Waals surface area contributed by atoms with Gasteiger partial charge in [-0.25, -0.2) is 4.79 Å². The number of rotatable bonds is 5. The molecule has 2 rings (SSSR count). The van der Waals surface area contributed by atoms with Gasteiger partial charge in [-0.15, -0.1) is 0 Å². The molecule has 2 N–H and O–H groups in total. The van der Waals surface area contributed by atoms with Crippen LogP contribution in [0.5, 0.6) is 0 Å². The number of ether oxygens (including phenoxy) is 1. The molecule has 4 nitrogen and oxygen atoms in total. The molecule has 0 aromatic heterocycles. The summed E-state index contributed by atoms with van der Waals surface area (Å²) in [5, 5.41) is 6.75. The fraction of sp³-hybridized carbons (Fsp3) is 0.333. The highest BCUT2D eigenvalue weighted by Gasteiger charge is 2.30. The number of esters is 1. The lowest BCUT2D eigenvalue weighted by atomic mass is 9.95. The van der Waals surface area contributed by atoms with E-state index in [1.165, 1.54) is 0 Å². The van der Waals surface area contributed by atoms with Crippen LogP contribution in [0.4, 0.5) is 0 Å². The Morgan fingerprint density at radius 3 is 2.65 bits per heavy atom. The molecular formula is C18H22N2O2S. The molecule has 122 valence electrons. The third-order valence-corrected chi connectivity index (χ3v) is 3.71. The molecule has 1 aromatic carbocycles. The maximum absolute atomic E-state index is 12.4. The number of carbonyl (C=O) groups is 1. The Kier molecular flexibility index (Phi) is 5.93. The Morgan fingerprint density at radius 1 is 1.35 bits per heavy atom. The fourth-order valence-corrected chi connectivity index (χ4v) is 2.66. The van der Waals surface area contributed by atoms with Gasteiger partial charge in [-0.05, 0) is 30.6 Å². The van der Waals surface area contributed by atoms with E-state index in [1.54, 1.807) is 6.92 Å². The van der Waals surface area contributed by atoms with Crippen molar-refractivity contribution in [3.8, 4) is 0 Å². The molecule has 1 aliphatic heterocycles. The highest BCUT2D eigenvalue weighted by molar-refractivity contribution is 7.80. The second kappa shape index (κ2) is 7.92. The van der Waals surface area contributed by atoms with Crippen LogP contribution in [-0.4, -0.2) is 23.7 Å². The molecule has 0 bridgehead atoms. The van der Waals surface area contributed by atoms with Gasteiger partial charge in [0.15, 0.2) is 5.11 Å². The minimum absolute atomic E-state index is 0.141. The van der Waals surface area contributed by atoms with E-state index in [4.69, 9.17) is 17.0 Å². The molecule has 0 saturated carbocycles. The summed E-state index contributed by atoms with van der Waals surface area (Å²) in [6.45, 7) is 6.19. The van der Waals surface area contributed by atoms with Gasteiger partial charge in [-0.3, -0.25) is 0 Å². The Labute approximate surface area is 142 Å². The molecule has 1 aliphatic rings. The Morgan fingerprint density at radius 2 is 2.04 bits per heavy atom. The molecule has 0 amide bonds. The third kappa shape index (κ3) is 4.42. The molecule has 0 aliphatic carbocycles. The number of carbonyl (C=O) groups excluding carboxylic acids is 1. The summed E-state index contributed by atoms with van der Waals surface area (Å²) >= 11 is 5.27. The normalized spacial score (nSPS) is 18.1. The van der Waals surface area contributed by atoms with Gasteiger partial charge in [-0.1, -0.05) is 56.3 Å². The lowest BCUT2D eigenvalue weighted by molar-refractivity contribution is -0.138. The van der Waals surface area contributed by atoms with Crippen LogP contribution in [0, 0.1) is 5.92 Å². The summed E-state index contributed by atoms with van der Waals surface area (Å²) in [5.41, 5.74) is 2.46. The van der Waals surface area contributed by atoms with Crippen molar-refractivity contribution in [1.29, 1.82) is 0 Å². The highest BCUT2D eigenvalue weighted by Crippen LogP contribution is 2.22. The number of nitrogens with one attached hydrogen (secondary N) is 2. The molecular weight excluding hydrogens is 308 g/mol. The van der Waals surface area contributed by atoms with E-state index in [-0.39, 0.29) is 17.9 Å². The maximum atomic E-state index is 12.4. The quantitative estimate of drug-likeness (QED) is 0.642. The third-order valence-electron chi connectivity index (χ3n) is 3.49. The van der Waals surface area contributed by atoms with Crippen LogP contribution in [0.1, 0.15) is 26.3 Å². The minimum Gasteiger partial charge on any atom is -0.463 e. The van der Waals surface area contributed by atoms with Crippen molar-refractivity contribution in [2.75, 3.05) is 6.61 Å². The van der Waals surface area contributed by atoms with Crippen LogP contribution in [0.15, 0.2) is 47.7 Å². The summed E-state index contributed by atoms with van der Waals surface area (Å²) in [7, 11) is 0. The average Bonchev–Trinajstić information content (AvgIpc) is 2.53. The Balaban J connectivity index is 2.37. The van der Waals surface area contributed by atoms with Crippen molar-refractivity contribution in [3.63, 3.8) is 0 Å². The predicted molar refractivity (Wildman–Crippen MR) is 96.6 cm³/mol. The number of benzene rings is 1. The summed E-state index contributed by atoms with van der Waals surface area (Å²) in [4.78, 5) is 12.4. The van der Waals surface area contributed by atoms with Gasteiger partial charge < -0.3 is 15.4 Å². The number of thiocarbonyl (C=S) groups is 1. The first-order valence-corrected chi connectivity index (χ1v) is 8.15. The second-order valence-corrected chi connectivity index (χ2v) is 5.96. The van der Waals surface area contributed by atoms with E-state index in [0.717, 1.165) is 11.3 Å². The standard InChI is InChI=1S/C18H22N2O2S/c1-4-22-17(21)15-14(11-10-13-8-6-5-7-9-13)19-18(23)20-16(15)12(2)3/h5-12,14H,4H2,1-3H3,(H2,19,20,23)/b11-10+/t14-/m0/s1. The van der Waals surface area contributed by atoms with Crippen molar-refractivity contribution >= 4 is 29.4 Å². The largest absolute Gasteiger partial charge is 0.463 e. The van der Waals surface area contributed by atoms with Gasteiger partial charge in [0.05, 0.1) is 18.2 Å². The van der Waals surface area contributed by atoms with Gasteiger partial charge in [0.2, 0.25) is 0 Å². The van der Waals surface area contributed by atoms with Gasteiger partial charge >= 0.3 is 5.97 Å². The first-order valence-electron chi connectivity index (χ1n) is 7.74. The molecule has 0 saturated heterocycles. The average molecular weight is 330 g/mol. The van der Waals surface area contributed by atoms with E-state index in [1.807, 2.05) is 56.3 Å². The zero-order chi connectivity index (χ0) is 16.8. The zero-order valence-corrected chi connectivity index (χ0v) is 14.4. The summed E-state index contributed by atoms with van der Waals surface area (Å²) in [6.07, 6.45) is 3.92. The van der Waals surface area contributed by atoms with Crippen LogP contribution in [-0.2, 0) is 9.53 Å². The van der Waals surface area contributed by atoms with Crippen LogP contribution < -0.4 is 10.6 Å². The van der Waals surface area contributed by atoms with E-state index in [2.05, 4.69) is 10.6 Å². The topological polar surface area (TPSA) is 50.4 Å². The summed E-state index contributed by atoms with van der Waals surface area (Å²) < 4.78 is 5.23. The van der Waals surface area contributed by atoms with Gasteiger partial charge in [0.1, 0.15) is 0 Å². The van der Waals surface area contributed by atoms with Gasteiger partial charge in [0.25, 0.3) is 0 Å². The van der Waals surface area contributed by atoms with Crippen LogP contribution in [0.3, 0.4) is 0 Å². The summed E-state index contributed by atoms with van der Waals surface area (Å²) in [6, 6.07) is 9.63. The summed E-state index contributed by atoms with van der Waals surface area (Å²) in [5.74, 6) is -0.177. The first-order chi connectivity index (χ1) is 11.0. The molecule has 0 unspecified atom stereocenters. The van der Waals surface area contributed by atoms with E-state index in [9.17, 15) is 4.79 Å². The van der Waals surface area contributed by atoms with E-state index >= 15 is 0 Å². The van der Waals surface area contributed by atoms with Gasteiger partial charge in [0, 0.05) is 5.70 Å². The van der Waals surface area contributed by atoms with Crippen molar-refractivity contribution in [2.24, 2.45) is 5.92 Å². The Hall–Kier alpha value is -2.14. The predicted octanol–water partition coefficient (Wildman–Crippen LogP) is 3.02. The van der Waals surface area contributed by atoms with Crippen LogP contribution in [0.2, 0.25) is 0 Å². The molecule has 1 aromatic rings. The van der Waals surface area contributed by atoms with Crippen molar-refractivity contribution < 1.29 is 9.53 Å². The number of allylic oxidation sites excluding steroid dienone is 1. The smallest absolute Gasteiger partial charge is 0.338 e. The van der Waals surface area contributed by atoms with Crippen LogP contribution in [0.25, 0.3) is 6.08 Å². The van der Waals surface area contributed by atoms with E-state index < -0.39 is 0 Å². The highest BCUT2D eigenvalue weighted by atomic mass is 32.1. The second-order valence-electron chi connectivity index (χ2n) is 5.55. The molecule has 5 heteroatoms.